The van der Waals surface area contributed by atoms with E-state index < -0.39 is 0 Å². The van der Waals surface area contributed by atoms with E-state index in [1.54, 1.807) is 7.11 Å². The number of benzene rings is 1. The summed E-state index contributed by atoms with van der Waals surface area (Å²) in [7, 11) is 1.71. The van der Waals surface area contributed by atoms with Crippen LogP contribution < -0.4 is 10.5 Å². The average Bonchev–Trinajstić information content (AvgIpc) is 3.09. The molecule has 1 fully saturated rings. The summed E-state index contributed by atoms with van der Waals surface area (Å²) < 4.78 is 16.7. The molecule has 0 aromatic heterocycles. The van der Waals surface area contributed by atoms with Crippen molar-refractivity contribution in [2.75, 3.05) is 20.3 Å². The van der Waals surface area contributed by atoms with E-state index in [2.05, 4.69) is 52.8 Å². The Morgan fingerprint density at radius 2 is 1.93 bits per heavy atom. The Bertz CT molecular complexity index is 673. The highest BCUT2D eigenvalue weighted by molar-refractivity contribution is 5.75. The molecule has 5 heteroatoms. The molecule has 1 aromatic rings. The lowest BCUT2D eigenvalue weighted by Crippen LogP contribution is -2.37. The SMILES string of the molecule is COCCCOc1cc(C[C@@H](C[C@H](N)C2C[C@@H](C(C)C)C(=O)O2)C(C)C)ccc1C. The molecular weight excluding hydrogens is 378 g/mol. The number of methoxy groups -OCH3 is 1. The third-order valence-corrected chi connectivity index (χ3v) is 6.36. The second-order valence-corrected chi connectivity index (χ2v) is 9.46. The van der Waals surface area contributed by atoms with Crippen molar-refractivity contribution in [3.05, 3.63) is 29.3 Å². The van der Waals surface area contributed by atoms with Crippen molar-refractivity contribution in [2.24, 2.45) is 29.4 Å². The molecule has 1 heterocycles. The standard InChI is InChI=1S/C25H41NO4/c1-16(2)20(14-22(26)24-15-21(17(3)4)25(27)30-24)12-19-9-8-18(5)23(13-19)29-11-7-10-28-6/h8-9,13,16-17,20-22,24H,7,10-12,14-15,26H2,1-6H3/t20-,21-,22-,24?/m0/s1. The maximum Gasteiger partial charge on any atom is 0.309 e. The number of ether oxygens (including phenoxy) is 3. The normalized spacial score (nSPS) is 21.2. The van der Waals surface area contributed by atoms with Gasteiger partial charge in [0.15, 0.2) is 0 Å². The van der Waals surface area contributed by atoms with Gasteiger partial charge < -0.3 is 19.9 Å². The van der Waals surface area contributed by atoms with E-state index in [0.29, 0.717) is 31.0 Å². The molecule has 0 radical (unpaired) electrons. The Labute approximate surface area is 182 Å². The van der Waals surface area contributed by atoms with Crippen LogP contribution >= 0.6 is 0 Å². The van der Waals surface area contributed by atoms with Crippen LogP contribution in [0.2, 0.25) is 0 Å². The number of rotatable bonds is 12. The molecule has 30 heavy (non-hydrogen) atoms. The van der Waals surface area contributed by atoms with Crippen LogP contribution in [-0.4, -0.2) is 38.4 Å². The van der Waals surface area contributed by atoms with E-state index in [1.165, 1.54) is 5.56 Å². The zero-order chi connectivity index (χ0) is 22.3. The van der Waals surface area contributed by atoms with E-state index in [9.17, 15) is 4.79 Å². The summed E-state index contributed by atoms with van der Waals surface area (Å²) in [4.78, 5) is 12.1. The number of nitrogens with two attached hydrogens (primary N) is 1. The van der Waals surface area contributed by atoms with Crippen molar-refractivity contribution in [2.45, 2.75) is 72.4 Å². The highest BCUT2D eigenvalue weighted by Crippen LogP contribution is 2.32. The largest absolute Gasteiger partial charge is 0.493 e. The average molecular weight is 420 g/mol. The van der Waals surface area contributed by atoms with Gasteiger partial charge in [-0.25, -0.2) is 0 Å². The Balaban J connectivity index is 1.99. The summed E-state index contributed by atoms with van der Waals surface area (Å²) in [5, 5.41) is 0. The van der Waals surface area contributed by atoms with Crippen molar-refractivity contribution in [3.63, 3.8) is 0 Å². The minimum atomic E-state index is -0.163. The maximum absolute atomic E-state index is 12.1. The Hall–Kier alpha value is -1.59. The molecule has 0 spiro atoms. The molecular formula is C25H41NO4. The number of hydrogen-bond donors (Lipinski definition) is 1. The first-order valence-corrected chi connectivity index (χ1v) is 11.4. The van der Waals surface area contributed by atoms with E-state index >= 15 is 0 Å². The van der Waals surface area contributed by atoms with Crippen molar-refractivity contribution >= 4 is 5.97 Å². The molecule has 0 amide bonds. The first kappa shape index (κ1) is 24.7. The monoisotopic (exact) mass is 419 g/mol. The topological polar surface area (TPSA) is 70.8 Å². The number of carbonyl (C=O) groups excluding carboxylic acids is 1. The molecule has 0 aliphatic carbocycles. The fourth-order valence-electron chi connectivity index (χ4n) is 4.15. The lowest BCUT2D eigenvalue weighted by atomic mass is 9.82. The zero-order valence-corrected chi connectivity index (χ0v) is 19.6. The van der Waals surface area contributed by atoms with Gasteiger partial charge in [-0.2, -0.15) is 0 Å². The predicted octanol–water partition coefficient (Wildman–Crippen LogP) is 4.53. The van der Waals surface area contributed by atoms with Gasteiger partial charge in [0.25, 0.3) is 0 Å². The Morgan fingerprint density at radius 1 is 1.20 bits per heavy atom. The summed E-state index contributed by atoms with van der Waals surface area (Å²) in [6, 6.07) is 6.35. The smallest absolute Gasteiger partial charge is 0.309 e. The number of hydrogen-bond acceptors (Lipinski definition) is 5. The summed E-state index contributed by atoms with van der Waals surface area (Å²) >= 11 is 0. The van der Waals surface area contributed by atoms with Gasteiger partial charge in [-0.15, -0.1) is 0 Å². The Morgan fingerprint density at radius 3 is 2.53 bits per heavy atom. The van der Waals surface area contributed by atoms with Crippen molar-refractivity contribution < 1.29 is 19.0 Å². The molecule has 0 bridgehead atoms. The minimum absolute atomic E-state index is 0.0199. The fourth-order valence-corrected chi connectivity index (χ4v) is 4.15. The summed E-state index contributed by atoms with van der Waals surface area (Å²) in [5.41, 5.74) is 8.94. The van der Waals surface area contributed by atoms with Gasteiger partial charge in [0.1, 0.15) is 11.9 Å². The first-order chi connectivity index (χ1) is 14.2. The number of cyclic esters (lactones) is 1. The van der Waals surface area contributed by atoms with Gasteiger partial charge in [-0.3, -0.25) is 4.79 Å². The molecule has 170 valence electrons. The highest BCUT2D eigenvalue weighted by atomic mass is 16.6. The van der Waals surface area contributed by atoms with Crippen molar-refractivity contribution in [3.8, 4) is 5.75 Å². The quantitative estimate of drug-likeness (QED) is 0.398. The lowest BCUT2D eigenvalue weighted by molar-refractivity contribution is -0.146. The number of carbonyl (C=O) groups is 1. The highest BCUT2D eigenvalue weighted by Gasteiger charge is 2.39. The van der Waals surface area contributed by atoms with Crippen molar-refractivity contribution in [1.29, 1.82) is 0 Å². The number of esters is 1. The second-order valence-electron chi connectivity index (χ2n) is 9.46. The molecule has 2 rings (SSSR count). The van der Waals surface area contributed by atoms with Gasteiger partial charge in [0.2, 0.25) is 0 Å². The van der Waals surface area contributed by atoms with E-state index in [4.69, 9.17) is 19.9 Å². The molecule has 1 aliphatic heterocycles. The van der Waals surface area contributed by atoms with Gasteiger partial charge >= 0.3 is 5.97 Å². The lowest BCUT2D eigenvalue weighted by Gasteiger charge is -2.27. The predicted molar refractivity (Wildman–Crippen MR) is 121 cm³/mol. The first-order valence-electron chi connectivity index (χ1n) is 11.4. The number of aryl methyl sites for hydroxylation is 1. The minimum Gasteiger partial charge on any atom is -0.493 e. The van der Waals surface area contributed by atoms with Crippen LogP contribution in [0.3, 0.4) is 0 Å². The van der Waals surface area contributed by atoms with E-state index in [1.807, 2.05) is 0 Å². The molecule has 0 saturated carbocycles. The van der Waals surface area contributed by atoms with Crippen LogP contribution in [0.25, 0.3) is 0 Å². The molecule has 1 saturated heterocycles. The van der Waals surface area contributed by atoms with Gasteiger partial charge in [-0.1, -0.05) is 39.8 Å². The molecule has 2 N–H and O–H groups in total. The van der Waals surface area contributed by atoms with E-state index in [-0.39, 0.29) is 24.0 Å². The summed E-state index contributed by atoms with van der Waals surface area (Å²) in [5.74, 6) is 2.04. The maximum atomic E-state index is 12.1. The third kappa shape index (κ3) is 6.98. The van der Waals surface area contributed by atoms with Crippen LogP contribution in [0.5, 0.6) is 5.75 Å². The molecule has 4 atom stereocenters. The third-order valence-electron chi connectivity index (χ3n) is 6.36. The van der Waals surface area contributed by atoms with Crippen LogP contribution in [0, 0.1) is 30.6 Å². The van der Waals surface area contributed by atoms with Crippen molar-refractivity contribution in [1.82, 2.24) is 0 Å². The van der Waals surface area contributed by atoms with Crippen LogP contribution in [0.1, 0.15) is 58.1 Å². The van der Waals surface area contributed by atoms with Gasteiger partial charge in [-0.05, 0) is 61.1 Å². The van der Waals surface area contributed by atoms with E-state index in [0.717, 1.165) is 37.0 Å². The molecule has 1 aliphatic rings. The van der Waals surface area contributed by atoms with Gasteiger partial charge in [0.05, 0.1) is 12.5 Å². The molecule has 5 nitrogen and oxygen atoms in total. The fraction of sp³-hybridized carbons (Fsp3) is 0.720. The summed E-state index contributed by atoms with van der Waals surface area (Å²) in [6.45, 7) is 12.1. The zero-order valence-electron chi connectivity index (χ0n) is 19.6. The Kier molecular flexibility index (Phi) is 9.63. The van der Waals surface area contributed by atoms with Crippen LogP contribution in [0.4, 0.5) is 0 Å². The second kappa shape index (κ2) is 11.7. The van der Waals surface area contributed by atoms with Crippen LogP contribution in [-0.2, 0) is 20.7 Å². The molecule has 1 unspecified atom stereocenters. The van der Waals surface area contributed by atoms with Gasteiger partial charge in [0, 0.05) is 26.2 Å². The molecule has 1 aromatic carbocycles. The summed E-state index contributed by atoms with van der Waals surface area (Å²) in [6.07, 6.45) is 3.24. The van der Waals surface area contributed by atoms with Crippen LogP contribution in [0.15, 0.2) is 18.2 Å².